The fourth-order valence-corrected chi connectivity index (χ4v) is 6.60. The Kier molecular flexibility index (Phi) is 7.83. The van der Waals surface area contributed by atoms with Crippen molar-refractivity contribution in [1.29, 1.82) is 0 Å². The molecule has 202 valence electrons. The molecule has 0 aromatic heterocycles. The van der Waals surface area contributed by atoms with Crippen molar-refractivity contribution in [2.45, 2.75) is 69.2 Å². The number of piperazine rings is 1. The standard InChI is InChI=1S/C28H41N5O4/c1-3-13-31-14-16-32(17-15-31)21-9-7-20(8-10-21)26(35)30-28(11-5-4-6-12-28)27(36)33-18-22(29-2)25-24(33)23(34)19-37-25/h7-10,22,24-25,29H,3-6,11-19H2,1-2H3,(H,30,35)/t22-,24+,25+/m0/s1. The van der Waals surface area contributed by atoms with Crippen LogP contribution in [-0.4, -0.2) is 104 Å². The van der Waals surface area contributed by atoms with Crippen LogP contribution in [0.3, 0.4) is 0 Å². The second-order valence-electron chi connectivity index (χ2n) is 11.0. The molecule has 4 aliphatic rings. The third kappa shape index (κ3) is 5.13. The number of carbonyl (C=O) groups excluding carboxylic acids is 3. The summed E-state index contributed by atoms with van der Waals surface area (Å²) < 4.78 is 5.72. The summed E-state index contributed by atoms with van der Waals surface area (Å²) in [6.45, 7) is 7.88. The van der Waals surface area contributed by atoms with Gasteiger partial charge < -0.3 is 25.2 Å². The second kappa shape index (κ2) is 11.1. The van der Waals surface area contributed by atoms with Gasteiger partial charge in [-0.05, 0) is 57.1 Å². The number of anilines is 1. The number of fused-ring (bicyclic) bond motifs is 1. The number of likely N-dealkylation sites (tertiary alicyclic amines) is 1. The molecular weight excluding hydrogens is 470 g/mol. The van der Waals surface area contributed by atoms with E-state index >= 15 is 0 Å². The first kappa shape index (κ1) is 26.1. The number of nitrogens with one attached hydrogen (secondary N) is 2. The maximum Gasteiger partial charge on any atom is 0.252 e. The van der Waals surface area contributed by atoms with Crippen LogP contribution < -0.4 is 15.5 Å². The van der Waals surface area contributed by atoms with Crippen molar-refractivity contribution in [2.24, 2.45) is 0 Å². The molecule has 37 heavy (non-hydrogen) atoms. The van der Waals surface area contributed by atoms with Gasteiger partial charge in [0.1, 0.15) is 24.3 Å². The quantitative estimate of drug-likeness (QED) is 0.572. The number of hydrogen-bond acceptors (Lipinski definition) is 7. The monoisotopic (exact) mass is 511 g/mol. The summed E-state index contributed by atoms with van der Waals surface area (Å²) in [6.07, 6.45) is 4.81. The van der Waals surface area contributed by atoms with E-state index in [1.165, 1.54) is 6.42 Å². The molecule has 3 heterocycles. The van der Waals surface area contributed by atoms with Gasteiger partial charge in [-0.15, -0.1) is 0 Å². The number of benzene rings is 1. The molecule has 3 saturated heterocycles. The average Bonchev–Trinajstić information content (AvgIpc) is 3.49. The van der Waals surface area contributed by atoms with Crippen LogP contribution in [0.25, 0.3) is 0 Å². The number of ether oxygens (including phenoxy) is 1. The number of hydrogen-bond donors (Lipinski definition) is 2. The maximum atomic E-state index is 14.0. The zero-order chi connectivity index (χ0) is 26.0. The highest BCUT2D eigenvalue weighted by molar-refractivity contribution is 6.01. The van der Waals surface area contributed by atoms with Crippen LogP contribution in [0.1, 0.15) is 55.8 Å². The van der Waals surface area contributed by atoms with Gasteiger partial charge in [-0.25, -0.2) is 0 Å². The molecule has 3 aliphatic heterocycles. The Morgan fingerprint density at radius 2 is 1.76 bits per heavy atom. The molecule has 1 aromatic carbocycles. The molecule has 1 aliphatic carbocycles. The topological polar surface area (TPSA) is 94.2 Å². The molecule has 1 aromatic rings. The SMILES string of the molecule is CCCN1CCN(c2ccc(C(=O)NC3(C(=O)N4C[C@H](NC)[C@H]5OCC(=O)[C@H]54)CCCCC3)cc2)CC1. The molecule has 0 unspecified atom stereocenters. The molecule has 9 heteroatoms. The first-order valence-electron chi connectivity index (χ1n) is 14.0. The predicted molar refractivity (Wildman–Crippen MR) is 142 cm³/mol. The van der Waals surface area contributed by atoms with Crippen LogP contribution in [0.15, 0.2) is 24.3 Å². The first-order chi connectivity index (χ1) is 18.0. The molecule has 0 bridgehead atoms. The highest BCUT2D eigenvalue weighted by atomic mass is 16.5. The third-order valence-electron chi connectivity index (χ3n) is 8.69. The van der Waals surface area contributed by atoms with Crippen molar-refractivity contribution in [3.63, 3.8) is 0 Å². The summed E-state index contributed by atoms with van der Waals surface area (Å²) in [5, 5.41) is 6.35. The molecule has 9 nitrogen and oxygen atoms in total. The molecule has 0 radical (unpaired) electrons. The van der Waals surface area contributed by atoms with Crippen LogP contribution in [-0.2, 0) is 14.3 Å². The van der Waals surface area contributed by atoms with Crippen LogP contribution in [0, 0.1) is 0 Å². The van der Waals surface area contributed by atoms with E-state index in [-0.39, 0.29) is 36.4 Å². The Bertz CT molecular complexity index is 985. The number of ketones is 1. The first-order valence-corrected chi connectivity index (χ1v) is 14.0. The number of rotatable bonds is 7. The molecule has 4 fully saturated rings. The van der Waals surface area contributed by atoms with E-state index in [9.17, 15) is 14.4 Å². The highest BCUT2D eigenvalue weighted by Gasteiger charge is 2.55. The van der Waals surface area contributed by atoms with Gasteiger partial charge in [-0.1, -0.05) is 26.2 Å². The average molecular weight is 512 g/mol. The molecular formula is C28H41N5O4. The van der Waals surface area contributed by atoms with Crippen molar-refractivity contribution in [2.75, 3.05) is 57.8 Å². The largest absolute Gasteiger partial charge is 0.369 e. The Morgan fingerprint density at radius 3 is 2.41 bits per heavy atom. The lowest BCUT2D eigenvalue weighted by Gasteiger charge is -2.40. The van der Waals surface area contributed by atoms with Crippen molar-refractivity contribution in [1.82, 2.24) is 20.4 Å². The van der Waals surface area contributed by atoms with E-state index in [0.29, 0.717) is 24.9 Å². The molecule has 1 saturated carbocycles. The summed E-state index contributed by atoms with van der Waals surface area (Å²) in [7, 11) is 1.83. The predicted octanol–water partition coefficient (Wildman–Crippen LogP) is 1.42. The van der Waals surface area contributed by atoms with Gasteiger partial charge in [0.15, 0.2) is 5.78 Å². The third-order valence-corrected chi connectivity index (χ3v) is 8.69. The minimum atomic E-state index is -0.986. The summed E-state index contributed by atoms with van der Waals surface area (Å²) in [5.74, 6) is -0.433. The van der Waals surface area contributed by atoms with Crippen LogP contribution >= 0.6 is 0 Å². The smallest absolute Gasteiger partial charge is 0.252 e. The number of amides is 2. The summed E-state index contributed by atoms with van der Waals surface area (Å²) in [4.78, 5) is 46.6. The molecule has 2 amide bonds. The zero-order valence-electron chi connectivity index (χ0n) is 22.2. The van der Waals surface area contributed by atoms with Gasteiger partial charge in [0, 0.05) is 44.0 Å². The number of carbonyl (C=O) groups is 3. The zero-order valence-corrected chi connectivity index (χ0v) is 22.2. The lowest BCUT2D eigenvalue weighted by Crippen LogP contribution is -2.62. The van der Waals surface area contributed by atoms with E-state index in [4.69, 9.17) is 4.74 Å². The lowest BCUT2D eigenvalue weighted by atomic mass is 9.80. The van der Waals surface area contributed by atoms with Crippen molar-refractivity contribution in [3.8, 4) is 0 Å². The van der Waals surface area contributed by atoms with Gasteiger partial charge >= 0.3 is 0 Å². The lowest BCUT2D eigenvalue weighted by molar-refractivity contribution is -0.143. The molecule has 3 atom stereocenters. The van der Waals surface area contributed by atoms with E-state index in [1.54, 1.807) is 4.90 Å². The minimum Gasteiger partial charge on any atom is -0.369 e. The Labute approximate surface area is 219 Å². The summed E-state index contributed by atoms with van der Waals surface area (Å²) in [6, 6.07) is 7.09. The summed E-state index contributed by atoms with van der Waals surface area (Å²) >= 11 is 0. The minimum absolute atomic E-state index is 0.0383. The van der Waals surface area contributed by atoms with Gasteiger partial charge in [0.2, 0.25) is 5.91 Å². The normalized spacial score (nSPS) is 27.8. The number of Topliss-reactive ketones (excluding diaryl/α,β-unsaturated/α-hetero) is 1. The van der Waals surface area contributed by atoms with E-state index < -0.39 is 11.6 Å². The molecule has 2 N–H and O–H groups in total. The Hall–Kier alpha value is -2.49. The maximum absolute atomic E-state index is 14.0. The van der Waals surface area contributed by atoms with Gasteiger partial charge in [-0.3, -0.25) is 19.3 Å². The van der Waals surface area contributed by atoms with E-state index in [0.717, 1.165) is 57.7 Å². The van der Waals surface area contributed by atoms with Gasteiger partial charge in [0.05, 0.1) is 6.04 Å². The molecule has 5 rings (SSSR count). The highest BCUT2D eigenvalue weighted by Crippen LogP contribution is 2.35. The van der Waals surface area contributed by atoms with Gasteiger partial charge in [0.25, 0.3) is 5.91 Å². The van der Waals surface area contributed by atoms with Crippen LogP contribution in [0.5, 0.6) is 0 Å². The van der Waals surface area contributed by atoms with Crippen molar-refractivity contribution >= 4 is 23.3 Å². The van der Waals surface area contributed by atoms with Crippen molar-refractivity contribution < 1.29 is 19.1 Å². The Balaban J connectivity index is 1.29. The second-order valence-corrected chi connectivity index (χ2v) is 11.0. The van der Waals surface area contributed by atoms with E-state index in [1.807, 2.05) is 31.3 Å². The number of likely N-dealkylation sites (N-methyl/N-ethyl adjacent to an activating group) is 1. The summed E-state index contributed by atoms with van der Waals surface area (Å²) in [5.41, 5.74) is 0.690. The Morgan fingerprint density at radius 1 is 1.05 bits per heavy atom. The van der Waals surface area contributed by atoms with Crippen LogP contribution in [0.2, 0.25) is 0 Å². The fraction of sp³-hybridized carbons (Fsp3) is 0.679. The van der Waals surface area contributed by atoms with Crippen LogP contribution in [0.4, 0.5) is 5.69 Å². The van der Waals surface area contributed by atoms with E-state index in [2.05, 4.69) is 27.4 Å². The van der Waals surface area contributed by atoms with Gasteiger partial charge in [-0.2, -0.15) is 0 Å². The number of nitrogens with zero attached hydrogens (tertiary/aromatic N) is 3. The fourth-order valence-electron chi connectivity index (χ4n) is 6.60. The van der Waals surface area contributed by atoms with Crippen molar-refractivity contribution in [3.05, 3.63) is 29.8 Å². The molecule has 0 spiro atoms.